The molecule has 1 amide bonds. The van der Waals surface area contributed by atoms with Gasteiger partial charge in [0.2, 0.25) is 0 Å². The summed E-state index contributed by atoms with van der Waals surface area (Å²) in [4.78, 5) is 13.8. The van der Waals surface area contributed by atoms with Crippen LogP contribution in [0, 0.1) is 12.3 Å². The molecule has 0 spiro atoms. The fourth-order valence-electron chi connectivity index (χ4n) is 2.14. The first kappa shape index (κ1) is 16.0. The van der Waals surface area contributed by atoms with Crippen molar-refractivity contribution in [1.29, 1.82) is 0 Å². The molecule has 0 aliphatic carbocycles. The summed E-state index contributed by atoms with van der Waals surface area (Å²) in [7, 11) is -3.14. The second-order valence-corrected chi connectivity index (χ2v) is 7.54. The van der Waals surface area contributed by atoms with Gasteiger partial charge in [0.05, 0.1) is 23.6 Å². The molecular weight excluding hydrogens is 337 g/mol. The Hall–Kier alpha value is -1.36. The van der Waals surface area contributed by atoms with Gasteiger partial charge < -0.3 is 4.90 Å². The fraction of sp³-hybridized carbons (Fsp3) is 0.417. The third-order valence-electron chi connectivity index (χ3n) is 3.12. The third-order valence-corrected chi connectivity index (χ3v) is 5.34. The number of hydrogen-bond acceptors (Lipinski definition) is 5. The van der Waals surface area contributed by atoms with Gasteiger partial charge in [0.15, 0.2) is 20.1 Å². The summed E-state index contributed by atoms with van der Waals surface area (Å²) < 4.78 is 23.1. The summed E-state index contributed by atoms with van der Waals surface area (Å²) >= 11 is 11.6. The van der Waals surface area contributed by atoms with E-state index < -0.39 is 21.8 Å². The lowest BCUT2D eigenvalue weighted by Gasteiger charge is -2.26. The molecule has 9 heteroatoms. The average Bonchev–Trinajstić information content (AvgIpc) is 2.78. The molecule has 112 valence electrons. The lowest BCUT2D eigenvalue weighted by Crippen LogP contribution is -2.41. The van der Waals surface area contributed by atoms with Crippen molar-refractivity contribution in [2.24, 2.45) is 0 Å². The second kappa shape index (κ2) is 6.18. The molecule has 1 aromatic rings. The largest absolute Gasteiger partial charge is 0.323 e. The Morgan fingerprint density at radius 2 is 2.19 bits per heavy atom. The van der Waals surface area contributed by atoms with E-state index in [1.165, 1.54) is 11.0 Å². The molecule has 21 heavy (non-hydrogen) atoms. The number of carbonyl (C=O) groups excluding carboxylic acids is 1. The maximum atomic E-state index is 12.5. The van der Waals surface area contributed by atoms with E-state index in [2.05, 4.69) is 16.1 Å². The average molecular weight is 348 g/mol. The molecule has 1 fully saturated rings. The van der Waals surface area contributed by atoms with Crippen LogP contribution in [0.25, 0.3) is 0 Å². The maximum Gasteiger partial charge on any atom is 0.258 e. The summed E-state index contributed by atoms with van der Waals surface area (Å²) in [6, 6.07) is 0.813. The Bertz CT molecular complexity index is 715. The molecule has 0 N–H and O–H groups in total. The minimum absolute atomic E-state index is 0.0162. The van der Waals surface area contributed by atoms with Gasteiger partial charge in [0.1, 0.15) is 0 Å². The van der Waals surface area contributed by atoms with E-state index in [0.29, 0.717) is 6.42 Å². The number of rotatable bonds is 3. The Balaban J connectivity index is 2.32. The first-order valence-corrected chi connectivity index (χ1v) is 8.55. The smallest absolute Gasteiger partial charge is 0.258 e. The van der Waals surface area contributed by atoms with Crippen LogP contribution >= 0.6 is 23.2 Å². The second-order valence-electron chi connectivity index (χ2n) is 4.57. The van der Waals surface area contributed by atoms with E-state index >= 15 is 0 Å². The molecule has 2 rings (SSSR count). The molecule has 1 unspecified atom stereocenters. The van der Waals surface area contributed by atoms with E-state index in [1.807, 2.05) is 0 Å². The van der Waals surface area contributed by atoms with Crippen molar-refractivity contribution < 1.29 is 13.2 Å². The first-order valence-electron chi connectivity index (χ1n) is 5.97. The molecule has 1 saturated heterocycles. The summed E-state index contributed by atoms with van der Waals surface area (Å²) in [5.41, 5.74) is 0.0521. The number of terminal acetylenes is 1. The number of halogens is 2. The van der Waals surface area contributed by atoms with Crippen molar-refractivity contribution in [2.75, 3.05) is 18.1 Å². The van der Waals surface area contributed by atoms with Crippen LogP contribution in [0.1, 0.15) is 16.8 Å². The standard InChI is InChI=1S/C12H11Cl2N3O3S/c1-2-4-17(8-3-5-21(19,20)7-8)12(18)9-6-10(13)15-16-11(9)14/h1,6,8H,3-5,7H2. The molecule has 1 aliphatic rings. The van der Waals surface area contributed by atoms with E-state index in [1.54, 1.807) is 0 Å². The number of amides is 1. The lowest BCUT2D eigenvalue weighted by molar-refractivity contribution is 0.0724. The minimum atomic E-state index is -3.14. The SMILES string of the molecule is C#CCN(C(=O)c1cc(Cl)nnc1Cl)C1CCS(=O)(=O)C1. The monoisotopic (exact) mass is 347 g/mol. The van der Waals surface area contributed by atoms with Crippen LogP contribution in [0.5, 0.6) is 0 Å². The normalized spacial score (nSPS) is 20.0. The number of sulfone groups is 1. The molecule has 1 aromatic heterocycles. The molecule has 0 saturated carbocycles. The first-order chi connectivity index (χ1) is 9.84. The predicted octanol–water partition coefficient (Wildman–Crippen LogP) is 1.05. The highest BCUT2D eigenvalue weighted by Crippen LogP contribution is 2.23. The summed E-state index contributed by atoms with van der Waals surface area (Å²) in [5.74, 6) is 1.78. The molecule has 6 nitrogen and oxygen atoms in total. The Labute approximate surface area is 132 Å². The van der Waals surface area contributed by atoms with E-state index in [9.17, 15) is 13.2 Å². The van der Waals surface area contributed by atoms with E-state index in [0.717, 1.165) is 0 Å². The number of nitrogens with zero attached hydrogens (tertiary/aromatic N) is 3. The molecule has 1 atom stereocenters. The zero-order chi connectivity index (χ0) is 15.6. The van der Waals surface area contributed by atoms with Crippen LogP contribution in [0.15, 0.2) is 6.07 Å². The molecular formula is C12H11Cl2N3O3S. The number of hydrogen-bond donors (Lipinski definition) is 0. The van der Waals surface area contributed by atoms with Crippen molar-refractivity contribution in [3.63, 3.8) is 0 Å². The Morgan fingerprint density at radius 3 is 2.76 bits per heavy atom. The number of carbonyl (C=O) groups is 1. The van der Waals surface area contributed by atoms with Gasteiger partial charge in [-0.05, 0) is 12.5 Å². The van der Waals surface area contributed by atoms with Crippen molar-refractivity contribution >= 4 is 38.9 Å². The summed E-state index contributed by atoms with van der Waals surface area (Å²) in [6.45, 7) is -0.0186. The van der Waals surface area contributed by atoms with Gasteiger partial charge in [-0.15, -0.1) is 16.6 Å². The Morgan fingerprint density at radius 1 is 1.48 bits per heavy atom. The molecule has 1 aliphatic heterocycles. The van der Waals surface area contributed by atoms with Crippen LogP contribution < -0.4 is 0 Å². The lowest BCUT2D eigenvalue weighted by atomic mass is 10.2. The van der Waals surface area contributed by atoms with E-state index in [-0.39, 0.29) is 33.9 Å². The molecule has 2 heterocycles. The summed E-state index contributed by atoms with van der Waals surface area (Å²) in [5, 5.41) is 7.00. The quantitative estimate of drug-likeness (QED) is 0.763. The van der Waals surface area contributed by atoms with E-state index in [4.69, 9.17) is 29.6 Å². The highest BCUT2D eigenvalue weighted by Gasteiger charge is 2.35. The molecule has 0 aromatic carbocycles. The topological polar surface area (TPSA) is 80.2 Å². The van der Waals surface area contributed by atoms with Gasteiger partial charge in [-0.3, -0.25) is 4.79 Å². The van der Waals surface area contributed by atoms with Gasteiger partial charge in [-0.25, -0.2) is 8.42 Å². The zero-order valence-electron chi connectivity index (χ0n) is 10.8. The highest BCUT2D eigenvalue weighted by atomic mass is 35.5. The van der Waals surface area contributed by atoms with Crippen molar-refractivity contribution in [3.8, 4) is 12.3 Å². The van der Waals surface area contributed by atoms with Crippen LogP contribution in [-0.4, -0.2) is 53.5 Å². The van der Waals surface area contributed by atoms with Crippen LogP contribution in [0.4, 0.5) is 0 Å². The van der Waals surface area contributed by atoms with Gasteiger partial charge >= 0.3 is 0 Å². The van der Waals surface area contributed by atoms with Crippen molar-refractivity contribution in [3.05, 3.63) is 21.9 Å². The minimum Gasteiger partial charge on any atom is -0.323 e. The van der Waals surface area contributed by atoms with Gasteiger partial charge in [0, 0.05) is 6.04 Å². The van der Waals surface area contributed by atoms with Gasteiger partial charge in [0.25, 0.3) is 5.91 Å². The number of aromatic nitrogens is 2. The Kier molecular flexibility index (Phi) is 4.71. The van der Waals surface area contributed by atoms with Crippen molar-refractivity contribution in [2.45, 2.75) is 12.5 Å². The van der Waals surface area contributed by atoms with Crippen LogP contribution in [0.3, 0.4) is 0 Å². The third kappa shape index (κ3) is 3.64. The zero-order valence-corrected chi connectivity index (χ0v) is 13.1. The predicted molar refractivity (Wildman–Crippen MR) is 79.0 cm³/mol. The maximum absolute atomic E-state index is 12.5. The fourth-order valence-corrected chi connectivity index (χ4v) is 4.19. The molecule has 0 radical (unpaired) electrons. The summed E-state index contributed by atoms with van der Waals surface area (Å²) in [6.07, 6.45) is 5.61. The van der Waals surface area contributed by atoms with Gasteiger partial charge in [-0.1, -0.05) is 29.1 Å². The highest BCUT2D eigenvalue weighted by molar-refractivity contribution is 7.91. The van der Waals surface area contributed by atoms with Crippen LogP contribution in [0.2, 0.25) is 10.3 Å². The molecule has 0 bridgehead atoms. The van der Waals surface area contributed by atoms with Crippen LogP contribution in [-0.2, 0) is 9.84 Å². The van der Waals surface area contributed by atoms with Crippen molar-refractivity contribution in [1.82, 2.24) is 15.1 Å². The van der Waals surface area contributed by atoms with Gasteiger partial charge in [-0.2, -0.15) is 0 Å².